The molecule has 0 spiro atoms. The molecule has 1 aromatic heterocycles. The minimum atomic E-state index is -1.72. The van der Waals surface area contributed by atoms with Gasteiger partial charge in [0.25, 0.3) is 11.9 Å². The van der Waals surface area contributed by atoms with Gasteiger partial charge in [-0.1, -0.05) is 24.3 Å². The van der Waals surface area contributed by atoms with Crippen molar-refractivity contribution in [1.29, 1.82) is 0 Å². The molecule has 132 valence electrons. The number of nitrogens with zero attached hydrogens (tertiary/aromatic N) is 2. The number of nitrogens with one attached hydrogen (secondary N) is 1. The number of halogens is 4. The van der Waals surface area contributed by atoms with Crippen molar-refractivity contribution in [1.82, 2.24) is 9.88 Å². The van der Waals surface area contributed by atoms with E-state index in [1.807, 2.05) is 24.3 Å². The fraction of sp³-hybridized carbons (Fsp3) is 0.294. The highest BCUT2D eigenvalue weighted by Gasteiger charge is 2.23. The van der Waals surface area contributed by atoms with Gasteiger partial charge < -0.3 is 10.2 Å². The maximum atomic E-state index is 13.4. The van der Waals surface area contributed by atoms with Crippen molar-refractivity contribution in [2.75, 3.05) is 11.9 Å². The molecule has 1 aliphatic rings. The molecular weight excluding hydrogens is 338 g/mol. The number of carbonyl (C=O) groups is 1. The average Bonchev–Trinajstić information content (AvgIpc) is 3.03. The minimum Gasteiger partial charge on any atom is -0.380 e. The number of hydrogen-bond acceptors (Lipinski definition) is 3. The highest BCUT2D eigenvalue weighted by molar-refractivity contribution is 5.77. The Morgan fingerprint density at radius 3 is 2.16 bits per heavy atom. The van der Waals surface area contributed by atoms with E-state index in [1.54, 1.807) is 4.90 Å². The smallest absolute Gasteiger partial charge is 0.253 e. The van der Waals surface area contributed by atoms with Gasteiger partial charge in [-0.25, -0.2) is 0 Å². The molecule has 25 heavy (non-hydrogen) atoms. The Balaban J connectivity index is 1.51. The van der Waals surface area contributed by atoms with Crippen LogP contribution in [-0.4, -0.2) is 22.3 Å². The van der Waals surface area contributed by atoms with Crippen LogP contribution in [0.5, 0.6) is 0 Å². The van der Waals surface area contributed by atoms with Gasteiger partial charge in [-0.15, -0.1) is 0 Å². The van der Waals surface area contributed by atoms with Crippen molar-refractivity contribution in [3.8, 4) is 0 Å². The van der Waals surface area contributed by atoms with Crippen molar-refractivity contribution < 1.29 is 22.4 Å². The highest BCUT2D eigenvalue weighted by atomic mass is 19.2. The lowest BCUT2D eigenvalue weighted by molar-refractivity contribution is -0.131. The van der Waals surface area contributed by atoms with Crippen molar-refractivity contribution in [3.63, 3.8) is 0 Å². The van der Waals surface area contributed by atoms with Crippen LogP contribution in [-0.2, 0) is 17.9 Å². The van der Waals surface area contributed by atoms with Crippen LogP contribution in [0.3, 0.4) is 0 Å². The van der Waals surface area contributed by atoms with Crippen molar-refractivity contribution in [2.45, 2.75) is 25.9 Å². The Morgan fingerprint density at radius 1 is 1.04 bits per heavy atom. The maximum absolute atomic E-state index is 13.4. The summed E-state index contributed by atoms with van der Waals surface area (Å²) < 4.78 is 52.9. The van der Waals surface area contributed by atoms with E-state index in [0.717, 1.165) is 11.1 Å². The molecule has 1 amide bonds. The van der Waals surface area contributed by atoms with Crippen molar-refractivity contribution >= 4 is 11.6 Å². The number of pyridine rings is 1. The second-order valence-corrected chi connectivity index (χ2v) is 5.75. The Labute approximate surface area is 141 Å². The fourth-order valence-corrected chi connectivity index (χ4v) is 2.76. The molecular formula is C17H15F4N3O. The van der Waals surface area contributed by atoms with E-state index in [9.17, 15) is 22.4 Å². The molecule has 0 bridgehead atoms. The fourth-order valence-electron chi connectivity index (χ4n) is 2.76. The van der Waals surface area contributed by atoms with Crippen LogP contribution in [0.4, 0.5) is 23.2 Å². The second-order valence-electron chi connectivity index (χ2n) is 5.75. The number of hydrogen-bond donors (Lipinski definition) is 1. The third-order valence-electron chi connectivity index (χ3n) is 4.06. The number of rotatable bonds is 5. The van der Waals surface area contributed by atoms with E-state index in [1.165, 1.54) is 0 Å². The molecule has 0 fully saturated rings. The summed E-state index contributed by atoms with van der Waals surface area (Å²) in [6.07, 6.45) is 0.413. The van der Waals surface area contributed by atoms with Gasteiger partial charge >= 0.3 is 0 Å². The minimum absolute atomic E-state index is 0.0107. The number of anilines is 1. The summed E-state index contributed by atoms with van der Waals surface area (Å²) in [7, 11) is 0. The van der Waals surface area contributed by atoms with Crippen molar-refractivity contribution in [3.05, 3.63) is 58.9 Å². The lowest BCUT2D eigenvalue weighted by atomic mass is 10.1. The van der Waals surface area contributed by atoms with E-state index in [4.69, 9.17) is 0 Å². The summed E-state index contributed by atoms with van der Waals surface area (Å²) in [4.78, 5) is 16.4. The van der Waals surface area contributed by atoms with E-state index in [0.29, 0.717) is 13.1 Å². The lowest BCUT2D eigenvalue weighted by Gasteiger charge is -2.15. The molecule has 2 aromatic rings. The summed E-state index contributed by atoms with van der Waals surface area (Å²) in [6, 6.07) is 7.74. The Kier molecular flexibility index (Phi) is 4.87. The number of fused-ring (bicyclic) bond motifs is 1. The van der Waals surface area contributed by atoms with Gasteiger partial charge in [0, 0.05) is 26.1 Å². The van der Waals surface area contributed by atoms with Gasteiger partial charge in [0.2, 0.25) is 17.5 Å². The molecule has 3 rings (SSSR count). The molecule has 2 heterocycles. The molecule has 8 heteroatoms. The summed E-state index contributed by atoms with van der Waals surface area (Å²) in [5, 5.41) is 2.29. The van der Waals surface area contributed by atoms with Gasteiger partial charge in [-0.2, -0.15) is 22.5 Å². The summed E-state index contributed by atoms with van der Waals surface area (Å²) >= 11 is 0. The van der Waals surface area contributed by atoms with Gasteiger partial charge in [0.1, 0.15) is 5.69 Å². The average molecular weight is 353 g/mol. The van der Waals surface area contributed by atoms with Crippen LogP contribution >= 0.6 is 0 Å². The van der Waals surface area contributed by atoms with Crippen LogP contribution < -0.4 is 5.32 Å². The third-order valence-corrected chi connectivity index (χ3v) is 4.06. The van der Waals surface area contributed by atoms with Crippen LogP contribution in [0.25, 0.3) is 0 Å². The summed E-state index contributed by atoms with van der Waals surface area (Å²) in [6.45, 7) is 1.06. The zero-order valence-corrected chi connectivity index (χ0v) is 13.2. The first-order valence-electron chi connectivity index (χ1n) is 7.75. The number of aromatic nitrogens is 1. The van der Waals surface area contributed by atoms with E-state index < -0.39 is 29.2 Å². The molecule has 0 radical (unpaired) electrons. The highest BCUT2D eigenvalue weighted by Crippen LogP contribution is 2.24. The van der Waals surface area contributed by atoms with E-state index >= 15 is 0 Å². The van der Waals surface area contributed by atoms with Gasteiger partial charge in [-0.3, -0.25) is 4.79 Å². The van der Waals surface area contributed by atoms with Crippen LogP contribution in [0, 0.1) is 23.5 Å². The first kappa shape index (κ1) is 17.2. The molecule has 0 unspecified atom stereocenters. The number of benzene rings is 1. The van der Waals surface area contributed by atoms with Gasteiger partial charge in [0.05, 0.1) is 0 Å². The molecule has 4 nitrogen and oxygen atoms in total. The zero-order valence-electron chi connectivity index (χ0n) is 13.2. The third kappa shape index (κ3) is 3.57. The van der Waals surface area contributed by atoms with Gasteiger partial charge in [-0.05, 0) is 17.5 Å². The SMILES string of the molecule is O=C(CCCNc1c(F)c(F)nc(F)c1F)N1Cc2ccccc2C1. The zero-order chi connectivity index (χ0) is 18.0. The van der Waals surface area contributed by atoms with E-state index in [-0.39, 0.29) is 25.3 Å². The lowest BCUT2D eigenvalue weighted by Crippen LogP contribution is -2.25. The second kappa shape index (κ2) is 7.08. The van der Waals surface area contributed by atoms with Crippen LogP contribution in [0.15, 0.2) is 24.3 Å². The normalized spacial score (nSPS) is 13.0. The molecule has 1 aliphatic heterocycles. The molecule has 0 atom stereocenters. The Bertz CT molecular complexity index is 761. The Morgan fingerprint density at radius 2 is 1.60 bits per heavy atom. The predicted octanol–water partition coefficient (Wildman–Crippen LogP) is 3.37. The van der Waals surface area contributed by atoms with Crippen molar-refractivity contribution in [2.24, 2.45) is 0 Å². The molecule has 0 aliphatic carbocycles. The largest absolute Gasteiger partial charge is 0.380 e. The standard InChI is InChI=1S/C17H15F4N3O/c18-13-15(14(19)17(21)23-16(13)20)22-7-3-6-12(25)24-8-10-4-1-2-5-11(10)9-24/h1-2,4-5H,3,6-9H2,(H,22,23). The summed E-state index contributed by atoms with van der Waals surface area (Å²) in [5.74, 6) is -6.69. The molecule has 0 saturated carbocycles. The maximum Gasteiger partial charge on any atom is 0.253 e. The van der Waals surface area contributed by atoms with Gasteiger partial charge in [0.15, 0.2) is 0 Å². The molecule has 0 saturated heterocycles. The number of amides is 1. The van der Waals surface area contributed by atoms with Crippen LogP contribution in [0.2, 0.25) is 0 Å². The monoisotopic (exact) mass is 353 g/mol. The van der Waals surface area contributed by atoms with E-state index in [2.05, 4.69) is 10.3 Å². The van der Waals surface area contributed by atoms with Crippen LogP contribution in [0.1, 0.15) is 24.0 Å². The number of carbonyl (C=O) groups excluding carboxylic acids is 1. The first-order valence-corrected chi connectivity index (χ1v) is 7.75. The first-order chi connectivity index (χ1) is 12.0. The predicted molar refractivity (Wildman–Crippen MR) is 82.5 cm³/mol. The Hall–Kier alpha value is -2.64. The topological polar surface area (TPSA) is 45.2 Å². The quantitative estimate of drug-likeness (QED) is 0.509. The summed E-state index contributed by atoms with van der Waals surface area (Å²) in [5.41, 5.74) is 1.28. The molecule has 1 aromatic carbocycles. The molecule has 1 N–H and O–H groups in total.